The molecule has 0 bridgehead atoms. The Morgan fingerprint density at radius 1 is 0.717 bits per heavy atom. The number of nitrogens with two attached hydrogens (primary N) is 1. The number of para-hydroxylation sites is 2. The van der Waals surface area contributed by atoms with Crippen molar-refractivity contribution in [3.63, 3.8) is 0 Å². The molecule has 6 aromatic carbocycles. The highest BCUT2D eigenvalue weighted by Crippen LogP contribution is 2.45. The van der Waals surface area contributed by atoms with Gasteiger partial charge in [-0.2, -0.15) is 0 Å². The van der Waals surface area contributed by atoms with Crippen LogP contribution in [0, 0.1) is 0 Å². The van der Waals surface area contributed by atoms with E-state index in [1.807, 2.05) is 43.3 Å². The van der Waals surface area contributed by atoms with Crippen LogP contribution in [0.4, 0.5) is 5.69 Å². The zero-order valence-electron chi connectivity index (χ0n) is 25.5. The van der Waals surface area contributed by atoms with Crippen molar-refractivity contribution >= 4 is 67.3 Å². The number of nitrogen functional groups attached to an aromatic ring is 1. The lowest BCUT2D eigenvalue weighted by molar-refractivity contribution is 0.669. The van der Waals surface area contributed by atoms with E-state index in [9.17, 15) is 0 Å². The average Bonchev–Trinajstić information content (AvgIpc) is 3.65. The number of aromatic nitrogens is 1. The van der Waals surface area contributed by atoms with Gasteiger partial charge >= 0.3 is 0 Å². The van der Waals surface area contributed by atoms with Crippen molar-refractivity contribution in [2.45, 2.75) is 17.6 Å². The van der Waals surface area contributed by atoms with Crippen molar-refractivity contribution in [3.8, 4) is 16.8 Å². The lowest BCUT2D eigenvalue weighted by Gasteiger charge is -2.12. The van der Waals surface area contributed by atoms with E-state index in [1.165, 1.54) is 32.9 Å². The third-order valence-electron chi connectivity index (χ3n) is 8.58. The Labute approximate surface area is 272 Å². The minimum absolute atomic E-state index is 0.768. The second-order valence-corrected chi connectivity index (χ2v) is 12.5. The van der Waals surface area contributed by atoms with Gasteiger partial charge in [0.05, 0.1) is 11.0 Å². The number of anilines is 1. The second kappa shape index (κ2) is 11.8. The fraction of sp³-hybridized carbons (Fsp3) is 0.0476. The molecule has 2 heterocycles. The molecule has 8 rings (SSSR count). The maximum Gasteiger partial charge on any atom is 0.144 e. The molecule has 2 aromatic heterocycles. The predicted octanol–water partition coefficient (Wildman–Crippen LogP) is 11.8. The molecular weight excluding hydrogens is 581 g/mol. The van der Waals surface area contributed by atoms with Gasteiger partial charge in [0.1, 0.15) is 11.2 Å². The van der Waals surface area contributed by atoms with E-state index in [4.69, 9.17) is 10.2 Å². The Morgan fingerprint density at radius 2 is 1.46 bits per heavy atom. The van der Waals surface area contributed by atoms with Crippen LogP contribution in [-0.2, 0) is 5.75 Å². The number of benzene rings is 6. The van der Waals surface area contributed by atoms with Crippen LogP contribution in [0.5, 0.6) is 0 Å². The van der Waals surface area contributed by atoms with Crippen LogP contribution in [0.3, 0.4) is 0 Å². The molecule has 222 valence electrons. The molecule has 3 nitrogen and oxygen atoms in total. The molecule has 0 saturated carbocycles. The van der Waals surface area contributed by atoms with Crippen molar-refractivity contribution in [2.75, 3.05) is 5.73 Å². The van der Waals surface area contributed by atoms with Gasteiger partial charge < -0.3 is 14.7 Å². The zero-order chi connectivity index (χ0) is 31.0. The van der Waals surface area contributed by atoms with E-state index in [0.29, 0.717) is 0 Å². The van der Waals surface area contributed by atoms with Gasteiger partial charge in [0, 0.05) is 49.1 Å². The summed E-state index contributed by atoms with van der Waals surface area (Å²) in [5.41, 5.74) is 17.4. The van der Waals surface area contributed by atoms with E-state index >= 15 is 0 Å². The molecule has 0 spiro atoms. The maximum atomic E-state index is 6.80. The van der Waals surface area contributed by atoms with E-state index in [2.05, 4.69) is 120 Å². The van der Waals surface area contributed by atoms with Gasteiger partial charge in [-0.3, -0.25) is 0 Å². The summed E-state index contributed by atoms with van der Waals surface area (Å²) in [6.07, 6.45) is 8.34. The van der Waals surface area contributed by atoms with Crippen LogP contribution < -0.4 is 5.73 Å². The molecule has 0 fully saturated rings. The quantitative estimate of drug-likeness (QED) is 0.111. The summed E-state index contributed by atoms with van der Waals surface area (Å²) in [7, 11) is 0. The van der Waals surface area contributed by atoms with Gasteiger partial charge in [0.25, 0.3) is 0 Å². The molecule has 0 unspecified atom stereocenters. The van der Waals surface area contributed by atoms with Crippen LogP contribution in [0.25, 0.3) is 66.6 Å². The minimum Gasteiger partial charge on any atom is -0.455 e. The number of thioether (sulfide) groups is 1. The molecule has 0 atom stereocenters. The first kappa shape index (κ1) is 28.1. The first-order valence-electron chi connectivity index (χ1n) is 15.5. The predicted molar refractivity (Wildman–Crippen MR) is 198 cm³/mol. The third-order valence-corrected chi connectivity index (χ3v) is 9.79. The molecular formula is C42H32N2OS. The van der Waals surface area contributed by atoms with Crippen molar-refractivity contribution in [1.29, 1.82) is 0 Å². The van der Waals surface area contributed by atoms with Gasteiger partial charge in [-0.1, -0.05) is 109 Å². The minimum atomic E-state index is 0.768. The van der Waals surface area contributed by atoms with Crippen molar-refractivity contribution in [2.24, 2.45) is 0 Å². The number of allylic oxidation sites excluding steroid dienone is 3. The lowest BCUT2D eigenvalue weighted by atomic mass is 10.0. The SMILES string of the molecule is C/C=C\C=C/c1ccc2c(c1)c1ccccc1n2-c1ccc(CSc2c(N)cc(-c3ccccc3)c3oc4ccccc4c23)cc1. The van der Waals surface area contributed by atoms with Crippen molar-refractivity contribution in [3.05, 3.63) is 157 Å². The molecule has 0 amide bonds. The maximum absolute atomic E-state index is 6.80. The van der Waals surface area contributed by atoms with Gasteiger partial charge in [-0.25, -0.2) is 0 Å². The second-order valence-electron chi connectivity index (χ2n) is 11.5. The molecule has 8 aromatic rings. The fourth-order valence-corrected chi connectivity index (χ4v) is 7.50. The summed E-state index contributed by atoms with van der Waals surface area (Å²) in [4.78, 5) is 1.06. The van der Waals surface area contributed by atoms with Gasteiger partial charge in [0.2, 0.25) is 0 Å². The van der Waals surface area contributed by atoms with E-state index in [0.717, 1.165) is 55.1 Å². The first-order valence-corrected chi connectivity index (χ1v) is 16.5. The normalized spacial score (nSPS) is 12.1. The number of hydrogen-bond acceptors (Lipinski definition) is 3. The number of rotatable bonds is 7. The number of nitrogens with zero attached hydrogens (tertiary/aromatic N) is 1. The number of fused-ring (bicyclic) bond motifs is 6. The van der Waals surface area contributed by atoms with Crippen LogP contribution in [0.1, 0.15) is 18.1 Å². The highest BCUT2D eigenvalue weighted by molar-refractivity contribution is 7.99. The summed E-state index contributed by atoms with van der Waals surface area (Å²) in [6, 6.07) is 44.9. The molecule has 0 aliphatic rings. The Hall–Kier alpha value is -5.45. The summed E-state index contributed by atoms with van der Waals surface area (Å²) in [6.45, 7) is 2.03. The zero-order valence-corrected chi connectivity index (χ0v) is 26.3. The monoisotopic (exact) mass is 612 g/mol. The Morgan fingerprint density at radius 3 is 2.28 bits per heavy atom. The lowest BCUT2D eigenvalue weighted by Crippen LogP contribution is -1.95. The third kappa shape index (κ3) is 4.88. The standard InChI is InChI=1S/C42H32N2OS/c1-2-3-5-12-28-21-24-38-35(25-28)32-15-8-10-17-37(32)44(38)31-22-19-29(20-23-31)27-46-42-36(43)26-34(30-13-6-4-7-14-30)41-40(42)33-16-9-11-18-39(33)45-41/h2-26H,27,43H2,1H3/b3-2-,12-5-. The van der Waals surface area contributed by atoms with E-state index in [1.54, 1.807) is 11.8 Å². The number of furan rings is 1. The highest BCUT2D eigenvalue weighted by Gasteiger charge is 2.19. The number of hydrogen-bond donors (Lipinski definition) is 1. The Bertz CT molecular complexity index is 2430. The van der Waals surface area contributed by atoms with E-state index in [-0.39, 0.29) is 0 Å². The topological polar surface area (TPSA) is 44.1 Å². The summed E-state index contributed by atoms with van der Waals surface area (Å²) in [5.74, 6) is 0.791. The smallest absolute Gasteiger partial charge is 0.144 e. The van der Waals surface area contributed by atoms with Crippen molar-refractivity contribution in [1.82, 2.24) is 4.57 Å². The highest BCUT2D eigenvalue weighted by atomic mass is 32.2. The summed E-state index contributed by atoms with van der Waals surface area (Å²) >= 11 is 1.77. The molecule has 46 heavy (non-hydrogen) atoms. The summed E-state index contributed by atoms with van der Waals surface area (Å²) in [5, 5.41) is 4.68. The molecule has 4 heteroatoms. The Kier molecular flexibility index (Phi) is 7.20. The average molecular weight is 613 g/mol. The van der Waals surface area contributed by atoms with Gasteiger partial charge in [0.15, 0.2) is 0 Å². The fourth-order valence-electron chi connectivity index (χ4n) is 6.43. The van der Waals surface area contributed by atoms with E-state index < -0.39 is 0 Å². The van der Waals surface area contributed by atoms with Gasteiger partial charge in [-0.15, -0.1) is 11.8 Å². The molecule has 0 radical (unpaired) electrons. The largest absolute Gasteiger partial charge is 0.455 e. The Balaban J connectivity index is 1.15. The molecule has 0 aliphatic carbocycles. The first-order chi connectivity index (χ1) is 22.7. The van der Waals surface area contributed by atoms with Crippen LogP contribution in [0.2, 0.25) is 0 Å². The van der Waals surface area contributed by atoms with Gasteiger partial charge in [-0.05, 0) is 66.1 Å². The molecule has 2 N–H and O–H groups in total. The van der Waals surface area contributed by atoms with Crippen molar-refractivity contribution < 1.29 is 4.42 Å². The summed E-state index contributed by atoms with van der Waals surface area (Å²) < 4.78 is 8.83. The molecule has 0 saturated heterocycles. The van der Waals surface area contributed by atoms with Crippen LogP contribution in [-0.4, -0.2) is 4.57 Å². The van der Waals surface area contributed by atoms with Crippen LogP contribution in [0.15, 0.2) is 155 Å². The van der Waals surface area contributed by atoms with Crippen LogP contribution >= 0.6 is 11.8 Å². The molecule has 0 aliphatic heterocycles.